The topological polar surface area (TPSA) is 83.2 Å². The summed E-state index contributed by atoms with van der Waals surface area (Å²) in [6.07, 6.45) is 2.62. The second kappa shape index (κ2) is 6.89. The van der Waals surface area contributed by atoms with E-state index in [9.17, 15) is 0 Å². The smallest absolute Gasteiger partial charge is 0.231 e. The zero-order chi connectivity index (χ0) is 15.4. The van der Waals surface area contributed by atoms with Gasteiger partial charge in [0.05, 0.1) is 0 Å². The molecule has 3 N–H and O–H groups in total. The molecule has 0 spiro atoms. The zero-order valence-electron chi connectivity index (χ0n) is 13.5. The Morgan fingerprint density at radius 1 is 1.24 bits per heavy atom. The summed E-state index contributed by atoms with van der Waals surface area (Å²) < 4.78 is 0. The van der Waals surface area contributed by atoms with Crippen molar-refractivity contribution < 1.29 is 0 Å². The lowest BCUT2D eigenvalue weighted by atomic mass is 10.3. The van der Waals surface area contributed by atoms with Crippen LogP contribution < -0.4 is 16.0 Å². The van der Waals surface area contributed by atoms with E-state index in [4.69, 9.17) is 5.73 Å². The minimum atomic E-state index is 0.262. The van der Waals surface area contributed by atoms with Gasteiger partial charge in [-0.3, -0.25) is 4.90 Å². The molecular formula is C14H27N7. The van der Waals surface area contributed by atoms with E-state index < -0.39 is 0 Å². The molecule has 0 radical (unpaired) electrons. The lowest BCUT2D eigenvalue weighted by Gasteiger charge is -2.25. The summed E-state index contributed by atoms with van der Waals surface area (Å²) in [7, 11) is 2.17. The Morgan fingerprint density at radius 2 is 1.90 bits per heavy atom. The Kier molecular flexibility index (Phi) is 5.17. The van der Waals surface area contributed by atoms with Crippen molar-refractivity contribution in [3.63, 3.8) is 0 Å². The molecule has 2 rings (SSSR count). The van der Waals surface area contributed by atoms with Crippen LogP contribution in [-0.4, -0.2) is 58.6 Å². The summed E-state index contributed by atoms with van der Waals surface area (Å²) in [4.78, 5) is 17.3. The molecule has 1 heterocycles. The van der Waals surface area contributed by atoms with Gasteiger partial charge < -0.3 is 16.0 Å². The summed E-state index contributed by atoms with van der Waals surface area (Å²) in [5.41, 5.74) is 5.79. The predicted molar refractivity (Wildman–Crippen MR) is 86.5 cm³/mol. The first-order chi connectivity index (χ1) is 10.0. The van der Waals surface area contributed by atoms with Crippen LogP contribution in [0.15, 0.2) is 0 Å². The van der Waals surface area contributed by atoms with Gasteiger partial charge in [-0.15, -0.1) is 0 Å². The number of nitrogens with two attached hydrogens (primary N) is 1. The van der Waals surface area contributed by atoms with Crippen LogP contribution >= 0.6 is 0 Å². The largest absolute Gasteiger partial charge is 0.368 e. The van der Waals surface area contributed by atoms with Gasteiger partial charge in [-0.1, -0.05) is 0 Å². The third kappa shape index (κ3) is 4.17. The van der Waals surface area contributed by atoms with Crippen molar-refractivity contribution in [2.45, 2.75) is 45.7 Å². The normalized spacial score (nSPS) is 16.0. The number of nitrogen functional groups attached to an aromatic ring is 1. The first-order valence-electron chi connectivity index (χ1n) is 7.77. The van der Waals surface area contributed by atoms with Gasteiger partial charge in [0.25, 0.3) is 0 Å². The quantitative estimate of drug-likeness (QED) is 0.745. The Hall–Kier alpha value is -1.63. The fraction of sp³-hybridized carbons (Fsp3) is 0.786. The van der Waals surface area contributed by atoms with Crippen LogP contribution in [0, 0.1) is 0 Å². The molecule has 1 aliphatic carbocycles. The van der Waals surface area contributed by atoms with Gasteiger partial charge in [-0.2, -0.15) is 15.0 Å². The molecule has 0 aromatic carbocycles. The maximum Gasteiger partial charge on any atom is 0.231 e. The molecular weight excluding hydrogens is 266 g/mol. The summed E-state index contributed by atoms with van der Waals surface area (Å²) in [5, 5.41) is 3.28. The van der Waals surface area contributed by atoms with Crippen molar-refractivity contribution in [2.75, 3.05) is 42.6 Å². The van der Waals surface area contributed by atoms with Crippen molar-refractivity contribution in [2.24, 2.45) is 0 Å². The van der Waals surface area contributed by atoms with Crippen LogP contribution in [0.5, 0.6) is 0 Å². The molecule has 21 heavy (non-hydrogen) atoms. The number of rotatable bonds is 8. The van der Waals surface area contributed by atoms with E-state index in [0.29, 0.717) is 17.9 Å². The lowest BCUT2D eigenvalue weighted by Crippen LogP contribution is -2.36. The fourth-order valence-corrected chi connectivity index (χ4v) is 2.33. The van der Waals surface area contributed by atoms with E-state index in [2.05, 4.69) is 57.9 Å². The number of nitrogens with one attached hydrogen (secondary N) is 1. The van der Waals surface area contributed by atoms with Crippen molar-refractivity contribution in [1.29, 1.82) is 0 Å². The van der Waals surface area contributed by atoms with E-state index in [1.807, 2.05) is 0 Å². The summed E-state index contributed by atoms with van der Waals surface area (Å²) in [6.45, 7) is 8.85. The molecule has 1 saturated carbocycles. The molecule has 1 aromatic rings. The van der Waals surface area contributed by atoms with Gasteiger partial charge in [0.1, 0.15) is 0 Å². The molecule has 0 aliphatic heterocycles. The van der Waals surface area contributed by atoms with Gasteiger partial charge in [-0.25, -0.2) is 0 Å². The van der Waals surface area contributed by atoms with Crippen LogP contribution in [0.4, 0.5) is 17.8 Å². The van der Waals surface area contributed by atoms with Crippen molar-refractivity contribution in [3.8, 4) is 0 Å². The number of hydrogen-bond donors (Lipinski definition) is 2. The van der Waals surface area contributed by atoms with Crippen molar-refractivity contribution in [1.82, 2.24) is 19.9 Å². The second-order valence-electron chi connectivity index (χ2n) is 5.62. The highest BCUT2D eigenvalue weighted by Crippen LogP contribution is 2.26. The molecule has 1 atom stereocenters. The Bertz CT molecular complexity index is 457. The van der Waals surface area contributed by atoms with E-state index in [1.165, 1.54) is 12.8 Å². The van der Waals surface area contributed by atoms with Crippen LogP contribution in [0.3, 0.4) is 0 Å². The van der Waals surface area contributed by atoms with Crippen LogP contribution in [0.25, 0.3) is 0 Å². The van der Waals surface area contributed by atoms with Crippen molar-refractivity contribution in [3.05, 3.63) is 0 Å². The Balaban J connectivity index is 1.98. The molecule has 118 valence electrons. The highest BCUT2D eigenvalue weighted by atomic mass is 15.3. The van der Waals surface area contributed by atoms with Crippen molar-refractivity contribution >= 4 is 17.8 Å². The summed E-state index contributed by atoms with van der Waals surface area (Å²) in [6, 6.07) is 1.18. The molecule has 0 amide bonds. The lowest BCUT2D eigenvalue weighted by molar-refractivity contribution is 0.257. The maximum atomic E-state index is 5.79. The van der Waals surface area contributed by atoms with Gasteiger partial charge in [0.2, 0.25) is 17.8 Å². The first-order valence-corrected chi connectivity index (χ1v) is 7.77. The van der Waals surface area contributed by atoms with E-state index in [1.54, 1.807) is 0 Å². The van der Waals surface area contributed by atoms with E-state index in [-0.39, 0.29) is 5.95 Å². The third-order valence-corrected chi connectivity index (χ3v) is 4.06. The van der Waals surface area contributed by atoms with Gasteiger partial charge in [-0.05, 0) is 40.7 Å². The zero-order valence-corrected chi connectivity index (χ0v) is 13.5. The van der Waals surface area contributed by atoms with E-state index in [0.717, 1.165) is 25.7 Å². The molecule has 7 heteroatoms. The number of nitrogens with zero attached hydrogens (tertiary/aromatic N) is 5. The second-order valence-corrected chi connectivity index (χ2v) is 5.62. The SMILES string of the molecule is CCN(CC)c1nc(N)nc(NCC(C)N(C)C2CC2)n1. The number of hydrogen-bond acceptors (Lipinski definition) is 7. The summed E-state index contributed by atoms with van der Waals surface area (Å²) >= 11 is 0. The Morgan fingerprint density at radius 3 is 2.48 bits per heavy atom. The molecule has 1 aromatic heterocycles. The molecule has 1 fully saturated rings. The number of anilines is 3. The number of aromatic nitrogens is 3. The molecule has 0 saturated heterocycles. The monoisotopic (exact) mass is 293 g/mol. The fourth-order valence-electron chi connectivity index (χ4n) is 2.33. The highest BCUT2D eigenvalue weighted by molar-refractivity contribution is 5.41. The van der Waals surface area contributed by atoms with Gasteiger partial charge in [0.15, 0.2) is 0 Å². The highest BCUT2D eigenvalue weighted by Gasteiger charge is 2.29. The molecule has 1 aliphatic rings. The predicted octanol–water partition coefficient (Wildman–Crippen LogP) is 1.19. The maximum absolute atomic E-state index is 5.79. The molecule has 0 bridgehead atoms. The van der Waals surface area contributed by atoms with Crippen LogP contribution in [0.1, 0.15) is 33.6 Å². The molecule has 1 unspecified atom stereocenters. The third-order valence-electron chi connectivity index (χ3n) is 4.06. The standard InChI is InChI=1S/C14H27N7/c1-5-21(6-2)14-18-12(15)17-13(19-14)16-9-10(3)20(4)11-7-8-11/h10-11H,5-9H2,1-4H3,(H3,15,16,17,18,19). The first kappa shape index (κ1) is 15.8. The average Bonchev–Trinajstić information content (AvgIpc) is 3.29. The van der Waals surface area contributed by atoms with Gasteiger partial charge >= 0.3 is 0 Å². The average molecular weight is 293 g/mol. The Labute approximate surface area is 127 Å². The van der Waals surface area contributed by atoms with E-state index >= 15 is 0 Å². The summed E-state index contributed by atoms with van der Waals surface area (Å²) in [5.74, 6) is 1.45. The minimum Gasteiger partial charge on any atom is -0.368 e. The number of likely N-dealkylation sites (N-methyl/N-ethyl adjacent to an activating group) is 1. The van der Waals surface area contributed by atoms with Crippen LogP contribution in [0.2, 0.25) is 0 Å². The van der Waals surface area contributed by atoms with Crippen LogP contribution in [-0.2, 0) is 0 Å². The minimum absolute atomic E-state index is 0.262. The van der Waals surface area contributed by atoms with Gasteiger partial charge in [0, 0.05) is 31.7 Å². The molecule has 7 nitrogen and oxygen atoms in total.